The average Bonchev–Trinajstić information content (AvgIpc) is 2.91. The second-order valence-corrected chi connectivity index (χ2v) is 10.3. The number of β-amino-alcohol motifs (C(OH)–C–C–N with tert-alkyl or cyclic N) is 1. The summed E-state index contributed by atoms with van der Waals surface area (Å²) in [6.45, 7) is 2.97. The third kappa shape index (κ3) is 5.69. The first-order valence-electron chi connectivity index (χ1n) is 10.2. The van der Waals surface area contributed by atoms with Gasteiger partial charge in [-0.15, -0.1) is 0 Å². The SMILES string of the molecule is CNC(=O)[C@H]1CN(CC2(O)CCN(c3ccc(F)cc3)CC2)CCN(S(C)(=O)=O)C1. The monoisotopic (exact) mass is 442 g/mol. The molecule has 2 fully saturated rings. The van der Waals surface area contributed by atoms with Crippen molar-refractivity contribution in [2.45, 2.75) is 18.4 Å². The molecule has 0 saturated carbocycles. The maximum absolute atomic E-state index is 13.2. The molecule has 3 rings (SSSR count). The van der Waals surface area contributed by atoms with E-state index in [1.807, 2.05) is 4.90 Å². The van der Waals surface area contributed by atoms with Crippen LogP contribution in [-0.2, 0) is 14.8 Å². The summed E-state index contributed by atoms with van der Waals surface area (Å²) in [6, 6.07) is 6.34. The van der Waals surface area contributed by atoms with Crippen LogP contribution in [0, 0.1) is 11.7 Å². The molecule has 10 heteroatoms. The van der Waals surface area contributed by atoms with Crippen LogP contribution in [0.1, 0.15) is 12.8 Å². The molecule has 2 N–H and O–H groups in total. The van der Waals surface area contributed by atoms with Gasteiger partial charge in [-0.05, 0) is 37.1 Å². The fraction of sp³-hybridized carbons (Fsp3) is 0.650. The summed E-state index contributed by atoms with van der Waals surface area (Å²) < 4.78 is 38.6. The number of anilines is 1. The van der Waals surface area contributed by atoms with E-state index < -0.39 is 21.5 Å². The van der Waals surface area contributed by atoms with Crippen LogP contribution in [0.3, 0.4) is 0 Å². The van der Waals surface area contributed by atoms with Gasteiger partial charge in [0.15, 0.2) is 0 Å². The minimum Gasteiger partial charge on any atom is -0.388 e. The maximum Gasteiger partial charge on any atom is 0.225 e. The number of carbonyl (C=O) groups is 1. The molecule has 2 aliphatic rings. The molecule has 0 bridgehead atoms. The summed E-state index contributed by atoms with van der Waals surface area (Å²) in [6.07, 6.45) is 2.24. The lowest BCUT2D eigenvalue weighted by Gasteiger charge is -2.42. The van der Waals surface area contributed by atoms with Crippen molar-refractivity contribution in [1.82, 2.24) is 14.5 Å². The number of nitrogens with zero attached hydrogens (tertiary/aromatic N) is 3. The number of amides is 1. The minimum atomic E-state index is -3.41. The Balaban J connectivity index is 1.64. The number of nitrogens with one attached hydrogen (secondary N) is 1. The van der Waals surface area contributed by atoms with Crippen LogP contribution in [0.5, 0.6) is 0 Å². The Bertz CT molecular complexity index is 841. The highest BCUT2D eigenvalue weighted by atomic mass is 32.2. The lowest BCUT2D eigenvalue weighted by molar-refractivity contribution is -0.125. The van der Waals surface area contributed by atoms with Crippen LogP contribution in [0.25, 0.3) is 0 Å². The minimum absolute atomic E-state index is 0.145. The van der Waals surface area contributed by atoms with Crippen LogP contribution >= 0.6 is 0 Å². The molecule has 0 unspecified atom stereocenters. The van der Waals surface area contributed by atoms with E-state index in [0.29, 0.717) is 52.1 Å². The number of piperidine rings is 1. The van der Waals surface area contributed by atoms with E-state index in [1.54, 1.807) is 19.2 Å². The number of benzene rings is 1. The molecular weight excluding hydrogens is 411 g/mol. The highest BCUT2D eigenvalue weighted by Gasteiger charge is 2.37. The summed E-state index contributed by atoms with van der Waals surface area (Å²) in [5.74, 6) is -0.967. The number of rotatable bonds is 5. The van der Waals surface area contributed by atoms with Gasteiger partial charge >= 0.3 is 0 Å². The van der Waals surface area contributed by atoms with Crippen LogP contribution in [0.15, 0.2) is 24.3 Å². The Hall–Kier alpha value is -1.75. The van der Waals surface area contributed by atoms with Crippen molar-refractivity contribution in [2.24, 2.45) is 5.92 Å². The Labute approximate surface area is 177 Å². The quantitative estimate of drug-likeness (QED) is 0.672. The topological polar surface area (TPSA) is 93.2 Å². The van der Waals surface area contributed by atoms with Gasteiger partial charge < -0.3 is 15.3 Å². The molecule has 2 aliphatic heterocycles. The Morgan fingerprint density at radius 1 is 1.17 bits per heavy atom. The highest BCUT2D eigenvalue weighted by Crippen LogP contribution is 2.28. The van der Waals surface area contributed by atoms with Crippen molar-refractivity contribution < 1.29 is 22.7 Å². The summed E-state index contributed by atoms with van der Waals surface area (Å²) >= 11 is 0. The molecule has 2 heterocycles. The van der Waals surface area contributed by atoms with E-state index in [9.17, 15) is 22.7 Å². The second-order valence-electron chi connectivity index (χ2n) is 8.36. The van der Waals surface area contributed by atoms with Crippen molar-refractivity contribution in [1.29, 1.82) is 0 Å². The van der Waals surface area contributed by atoms with Gasteiger partial charge in [0.25, 0.3) is 0 Å². The van der Waals surface area contributed by atoms with Gasteiger partial charge in [0, 0.05) is 58.5 Å². The zero-order chi connectivity index (χ0) is 21.9. The molecule has 0 radical (unpaired) electrons. The van der Waals surface area contributed by atoms with Crippen molar-refractivity contribution in [2.75, 3.05) is 64.0 Å². The normalized spacial score (nSPS) is 23.7. The Kier molecular flexibility index (Phi) is 7.01. The average molecular weight is 443 g/mol. The number of sulfonamides is 1. The molecule has 1 aromatic rings. The van der Waals surface area contributed by atoms with Gasteiger partial charge in [-0.3, -0.25) is 9.69 Å². The molecule has 1 aromatic carbocycles. The predicted molar refractivity (Wildman–Crippen MR) is 113 cm³/mol. The summed E-state index contributed by atoms with van der Waals surface area (Å²) in [5, 5.41) is 13.8. The van der Waals surface area contributed by atoms with E-state index in [2.05, 4.69) is 10.2 Å². The Morgan fingerprint density at radius 3 is 2.37 bits per heavy atom. The molecule has 30 heavy (non-hydrogen) atoms. The fourth-order valence-electron chi connectivity index (χ4n) is 4.27. The van der Waals surface area contributed by atoms with E-state index in [1.165, 1.54) is 16.4 Å². The molecule has 2 saturated heterocycles. The largest absolute Gasteiger partial charge is 0.388 e. The standard InChI is InChI=1S/C20H31FN4O4S/c1-22-19(26)16-13-23(11-12-25(14-16)30(2,28)29)15-20(27)7-9-24(10-8-20)18-5-3-17(21)4-6-18/h3-6,16,27H,7-15H2,1-2H3,(H,22,26)/t16-/m0/s1. The number of halogens is 1. The van der Waals surface area contributed by atoms with Crippen LogP contribution in [0.4, 0.5) is 10.1 Å². The molecule has 168 valence electrons. The van der Waals surface area contributed by atoms with Crippen molar-refractivity contribution in [3.8, 4) is 0 Å². The number of carbonyl (C=O) groups excluding carboxylic acids is 1. The second kappa shape index (κ2) is 9.17. The van der Waals surface area contributed by atoms with Gasteiger partial charge in [0.05, 0.1) is 17.8 Å². The molecule has 0 aromatic heterocycles. The third-order valence-electron chi connectivity index (χ3n) is 6.06. The van der Waals surface area contributed by atoms with Crippen molar-refractivity contribution in [3.63, 3.8) is 0 Å². The van der Waals surface area contributed by atoms with E-state index >= 15 is 0 Å². The summed E-state index contributed by atoms with van der Waals surface area (Å²) in [5.41, 5.74) is 0.0148. The number of hydrogen-bond donors (Lipinski definition) is 2. The lowest BCUT2D eigenvalue weighted by atomic mass is 9.90. The van der Waals surface area contributed by atoms with E-state index in [-0.39, 0.29) is 18.3 Å². The van der Waals surface area contributed by atoms with Crippen LogP contribution < -0.4 is 10.2 Å². The third-order valence-corrected chi connectivity index (χ3v) is 7.33. The molecule has 1 amide bonds. The van der Waals surface area contributed by atoms with Gasteiger partial charge in [-0.2, -0.15) is 0 Å². The van der Waals surface area contributed by atoms with Gasteiger partial charge in [0.1, 0.15) is 5.82 Å². The molecular formula is C20H31FN4O4S. The molecule has 8 nitrogen and oxygen atoms in total. The first kappa shape index (κ1) is 22.9. The van der Waals surface area contributed by atoms with Gasteiger partial charge in [-0.1, -0.05) is 0 Å². The number of hydrogen-bond acceptors (Lipinski definition) is 6. The molecule has 0 spiro atoms. The van der Waals surface area contributed by atoms with Gasteiger partial charge in [-0.25, -0.2) is 17.1 Å². The maximum atomic E-state index is 13.2. The Morgan fingerprint density at radius 2 is 1.80 bits per heavy atom. The predicted octanol–water partition coefficient (Wildman–Crippen LogP) is 0.0964. The first-order valence-corrected chi connectivity index (χ1v) is 12.1. The van der Waals surface area contributed by atoms with Crippen LogP contribution in [0.2, 0.25) is 0 Å². The number of aliphatic hydroxyl groups is 1. The summed E-state index contributed by atoms with van der Waals surface area (Å²) in [7, 11) is -1.86. The molecule has 1 atom stereocenters. The lowest BCUT2D eigenvalue weighted by Crippen LogP contribution is -2.52. The fourth-order valence-corrected chi connectivity index (χ4v) is 5.14. The smallest absolute Gasteiger partial charge is 0.225 e. The van der Waals surface area contributed by atoms with E-state index in [0.717, 1.165) is 11.9 Å². The zero-order valence-electron chi connectivity index (χ0n) is 17.6. The molecule has 0 aliphatic carbocycles. The zero-order valence-corrected chi connectivity index (χ0v) is 18.4. The van der Waals surface area contributed by atoms with Crippen LogP contribution in [-0.4, -0.2) is 93.4 Å². The van der Waals surface area contributed by atoms with E-state index in [4.69, 9.17) is 0 Å². The van der Waals surface area contributed by atoms with Gasteiger partial charge in [0.2, 0.25) is 15.9 Å². The first-order chi connectivity index (χ1) is 14.1. The highest BCUT2D eigenvalue weighted by molar-refractivity contribution is 7.88. The summed E-state index contributed by atoms with van der Waals surface area (Å²) in [4.78, 5) is 16.4. The van der Waals surface area contributed by atoms with Crippen molar-refractivity contribution in [3.05, 3.63) is 30.1 Å². The van der Waals surface area contributed by atoms with Crippen molar-refractivity contribution >= 4 is 21.6 Å².